The molecule has 0 fully saturated rings. The van der Waals surface area contributed by atoms with Gasteiger partial charge >= 0.3 is 12.2 Å². The van der Waals surface area contributed by atoms with E-state index in [1.54, 1.807) is 32.7 Å². The van der Waals surface area contributed by atoms with Gasteiger partial charge in [0.1, 0.15) is 17.5 Å². The number of hydrogen-bond donors (Lipinski definition) is 1. The maximum absolute atomic E-state index is 11.6. The standard InChI is InChI=1S/C12H26N2O2.C8H15NO3.C8H19N.C4H11N/c1-7-14(8-2)10-9-13(6)11(15)16-12(3,4)5;1-8(2,3)12-7(11)9(4)5-6-10;1-4-7-8-9(5-2)6-3;1-3-5-4-2/h7-10H2,1-6H3;6H,5H2,1-4H3;4-8H2,1-3H3;5H,3-4H2,1-2H3. The highest BCUT2D eigenvalue weighted by Gasteiger charge is 2.20. The van der Waals surface area contributed by atoms with Crippen molar-refractivity contribution in [3.63, 3.8) is 0 Å². The van der Waals surface area contributed by atoms with Crippen molar-refractivity contribution in [3.8, 4) is 0 Å². The van der Waals surface area contributed by atoms with Gasteiger partial charge in [0.2, 0.25) is 0 Å². The largest absolute Gasteiger partial charge is 0.444 e. The average Bonchev–Trinajstić information content (AvgIpc) is 2.89. The van der Waals surface area contributed by atoms with E-state index in [0.29, 0.717) is 12.8 Å². The average molecular weight is 606 g/mol. The molecule has 42 heavy (non-hydrogen) atoms. The Morgan fingerprint density at radius 3 is 1.31 bits per heavy atom. The van der Waals surface area contributed by atoms with E-state index in [9.17, 15) is 14.4 Å². The lowest BCUT2D eigenvalue weighted by atomic mass is 10.2. The topological polar surface area (TPSA) is 94.7 Å². The summed E-state index contributed by atoms with van der Waals surface area (Å²) in [4.78, 5) is 40.4. The van der Waals surface area contributed by atoms with Gasteiger partial charge in [0.05, 0.1) is 6.54 Å². The molecule has 254 valence electrons. The molecule has 0 unspecified atom stereocenters. The summed E-state index contributed by atoms with van der Waals surface area (Å²) in [5.41, 5.74) is -0.922. The molecule has 1 N–H and O–H groups in total. The number of nitrogens with zero attached hydrogens (tertiary/aromatic N) is 4. The minimum Gasteiger partial charge on any atom is -0.444 e. The highest BCUT2D eigenvalue weighted by Crippen LogP contribution is 2.09. The minimum absolute atomic E-state index is 0.0644. The van der Waals surface area contributed by atoms with Gasteiger partial charge in [0.25, 0.3) is 0 Å². The molecule has 0 atom stereocenters. The highest BCUT2D eigenvalue weighted by atomic mass is 16.6. The van der Waals surface area contributed by atoms with Crippen LogP contribution in [0.5, 0.6) is 0 Å². The maximum atomic E-state index is 11.6. The Kier molecular flexibility index (Phi) is 32.7. The molecule has 10 heteroatoms. The van der Waals surface area contributed by atoms with Crippen LogP contribution in [-0.4, -0.2) is 129 Å². The third-order valence-electron chi connectivity index (χ3n) is 5.63. The molecular weight excluding hydrogens is 534 g/mol. The van der Waals surface area contributed by atoms with Crippen LogP contribution in [0.2, 0.25) is 0 Å². The molecule has 0 saturated heterocycles. The van der Waals surface area contributed by atoms with E-state index in [-0.39, 0.29) is 12.6 Å². The van der Waals surface area contributed by atoms with Crippen LogP contribution in [0.3, 0.4) is 0 Å². The van der Waals surface area contributed by atoms with Gasteiger partial charge in [-0.05, 0) is 93.8 Å². The van der Waals surface area contributed by atoms with Crippen molar-refractivity contribution >= 4 is 18.5 Å². The van der Waals surface area contributed by atoms with E-state index >= 15 is 0 Å². The molecule has 0 aromatic heterocycles. The van der Waals surface area contributed by atoms with Crippen molar-refractivity contribution in [1.82, 2.24) is 24.9 Å². The van der Waals surface area contributed by atoms with Crippen LogP contribution in [0.25, 0.3) is 0 Å². The monoisotopic (exact) mass is 606 g/mol. The molecule has 10 nitrogen and oxygen atoms in total. The second-order valence-corrected chi connectivity index (χ2v) is 11.8. The summed E-state index contributed by atoms with van der Waals surface area (Å²) in [6.45, 7) is 35.7. The molecule has 0 spiro atoms. The van der Waals surface area contributed by atoms with Crippen molar-refractivity contribution in [2.75, 3.05) is 79.5 Å². The fourth-order valence-corrected chi connectivity index (χ4v) is 2.96. The predicted molar refractivity (Wildman–Crippen MR) is 178 cm³/mol. The van der Waals surface area contributed by atoms with Crippen LogP contribution in [0.15, 0.2) is 0 Å². The molecule has 0 heterocycles. The van der Waals surface area contributed by atoms with Crippen LogP contribution in [0.1, 0.15) is 103 Å². The Balaban J connectivity index is -0.000000246. The third-order valence-corrected chi connectivity index (χ3v) is 5.63. The van der Waals surface area contributed by atoms with Crippen molar-refractivity contribution in [1.29, 1.82) is 0 Å². The van der Waals surface area contributed by atoms with Crippen LogP contribution < -0.4 is 5.32 Å². The van der Waals surface area contributed by atoms with Crippen molar-refractivity contribution in [2.45, 2.75) is 114 Å². The number of ether oxygens (including phenoxy) is 2. The fourth-order valence-electron chi connectivity index (χ4n) is 2.96. The maximum Gasteiger partial charge on any atom is 0.410 e. The van der Waals surface area contributed by atoms with E-state index in [1.807, 2.05) is 20.8 Å². The lowest BCUT2D eigenvalue weighted by Gasteiger charge is -2.26. The number of likely N-dealkylation sites (N-methyl/N-ethyl adjacent to an activating group) is 3. The first-order valence-electron chi connectivity index (χ1n) is 15.9. The van der Waals surface area contributed by atoms with Gasteiger partial charge in [-0.3, -0.25) is 0 Å². The highest BCUT2D eigenvalue weighted by molar-refractivity contribution is 5.71. The number of unbranched alkanes of at least 4 members (excludes halogenated alkanes) is 1. The Labute approximate surface area is 260 Å². The lowest BCUT2D eigenvalue weighted by molar-refractivity contribution is -0.108. The molecular formula is C32H71N5O5. The van der Waals surface area contributed by atoms with Gasteiger partial charge < -0.3 is 39.2 Å². The van der Waals surface area contributed by atoms with Gasteiger partial charge in [-0.1, -0.05) is 54.9 Å². The first-order chi connectivity index (χ1) is 19.4. The predicted octanol–water partition coefficient (Wildman–Crippen LogP) is 5.99. The summed E-state index contributed by atoms with van der Waals surface area (Å²) in [7, 11) is 3.29. The Morgan fingerprint density at radius 1 is 0.643 bits per heavy atom. The summed E-state index contributed by atoms with van der Waals surface area (Å²) in [5.74, 6) is 0. The molecule has 0 aromatic rings. The van der Waals surface area contributed by atoms with Gasteiger partial charge in [-0.25, -0.2) is 9.59 Å². The van der Waals surface area contributed by atoms with Crippen molar-refractivity contribution < 1.29 is 23.9 Å². The van der Waals surface area contributed by atoms with Gasteiger partial charge in [-0.2, -0.15) is 0 Å². The van der Waals surface area contributed by atoms with Gasteiger partial charge in [0.15, 0.2) is 0 Å². The summed E-state index contributed by atoms with van der Waals surface area (Å²) in [5, 5.41) is 3.11. The quantitative estimate of drug-likeness (QED) is 0.241. The van der Waals surface area contributed by atoms with E-state index in [1.165, 1.54) is 44.4 Å². The molecule has 0 bridgehead atoms. The van der Waals surface area contributed by atoms with Crippen molar-refractivity contribution in [2.24, 2.45) is 0 Å². The third kappa shape index (κ3) is 36.1. The molecule has 0 saturated carbocycles. The van der Waals surface area contributed by atoms with Crippen LogP contribution in [-0.2, 0) is 14.3 Å². The Morgan fingerprint density at radius 2 is 1.02 bits per heavy atom. The van der Waals surface area contributed by atoms with Crippen LogP contribution >= 0.6 is 0 Å². The normalized spacial score (nSPS) is 10.8. The Hall–Kier alpha value is -1.91. The second-order valence-electron chi connectivity index (χ2n) is 11.8. The number of aldehydes is 1. The smallest absolute Gasteiger partial charge is 0.410 e. The molecule has 0 aliphatic heterocycles. The molecule has 0 radical (unpaired) electrons. The zero-order valence-electron chi connectivity index (χ0n) is 30.4. The number of amides is 2. The van der Waals surface area contributed by atoms with Gasteiger partial charge in [0, 0.05) is 27.2 Å². The van der Waals surface area contributed by atoms with Crippen LogP contribution in [0.4, 0.5) is 9.59 Å². The zero-order valence-corrected chi connectivity index (χ0v) is 30.4. The lowest BCUT2D eigenvalue weighted by Crippen LogP contribution is -2.39. The summed E-state index contributed by atoms with van der Waals surface area (Å²) in [6, 6.07) is 0. The number of carbonyl (C=O) groups is 3. The zero-order chi connectivity index (χ0) is 33.8. The SMILES string of the molecule is CCCCN(CC)CC.CCN(CC)CCN(C)C(=O)OC(C)(C)C.CCNCC.CN(CC=O)C(=O)OC(C)(C)C. The molecule has 0 aromatic carbocycles. The van der Waals surface area contributed by atoms with E-state index in [0.717, 1.165) is 32.7 Å². The molecule has 0 rings (SSSR count). The van der Waals surface area contributed by atoms with E-state index < -0.39 is 17.3 Å². The first-order valence-corrected chi connectivity index (χ1v) is 15.9. The van der Waals surface area contributed by atoms with E-state index in [2.05, 4.69) is 63.6 Å². The summed E-state index contributed by atoms with van der Waals surface area (Å²) in [6.07, 6.45) is 2.59. The van der Waals surface area contributed by atoms with E-state index in [4.69, 9.17) is 9.47 Å². The summed E-state index contributed by atoms with van der Waals surface area (Å²) >= 11 is 0. The molecule has 0 aliphatic rings. The fraction of sp³-hybridized carbons (Fsp3) is 0.906. The van der Waals surface area contributed by atoms with Crippen LogP contribution in [0, 0.1) is 0 Å². The first kappa shape index (κ1) is 47.0. The van der Waals surface area contributed by atoms with Gasteiger partial charge in [-0.15, -0.1) is 0 Å². The second kappa shape index (κ2) is 29.2. The Bertz CT molecular complexity index is 626. The van der Waals surface area contributed by atoms with Crippen molar-refractivity contribution in [3.05, 3.63) is 0 Å². The summed E-state index contributed by atoms with van der Waals surface area (Å²) < 4.78 is 10.2. The number of nitrogens with one attached hydrogen (secondary N) is 1. The number of hydrogen-bond acceptors (Lipinski definition) is 8. The number of rotatable bonds is 14. The molecule has 0 aliphatic carbocycles. The minimum atomic E-state index is -0.506. The number of carbonyl (C=O) groups excluding carboxylic acids is 3. The molecule has 2 amide bonds.